The van der Waals surface area contributed by atoms with Gasteiger partial charge in [-0.15, -0.1) is 0 Å². The highest BCUT2D eigenvalue weighted by Gasteiger charge is 2.23. The highest BCUT2D eigenvalue weighted by molar-refractivity contribution is 5.94. The van der Waals surface area contributed by atoms with Gasteiger partial charge in [-0.3, -0.25) is 9.78 Å². The van der Waals surface area contributed by atoms with Crippen molar-refractivity contribution in [1.82, 2.24) is 14.9 Å². The van der Waals surface area contributed by atoms with E-state index in [2.05, 4.69) is 14.9 Å². The molecular weight excluding hydrogens is 336 g/mol. The van der Waals surface area contributed by atoms with Crippen LogP contribution in [-0.4, -0.2) is 64.6 Å². The molecule has 3 rings (SSSR count). The molecule has 0 saturated carbocycles. The van der Waals surface area contributed by atoms with Gasteiger partial charge in [0.05, 0.1) is 5.69 Å². The molecule has 1 fully saturated rings. The number of nitrogens with zero attached hydrogens (tertiary/aromatic N) is 4. The van der Waals surface area contributed by atoms with E-state index in [-0.39, 0.29) is 5.91 Å². The van der Waals surface area contributed by atoms with Gasteiger partial charge in [0.2, 0.25) is 0 Å². The molecule has 0 bridgehead atoms. The molecule has 8 nitrogen and oxygen atoms in total. The standard InChI is InChI=1S/C18H20N4O4/c1-13-17(20-7-6-19-13)21-8-10-22(11-9-21)18(25)14-2-4-15(5-3-14)26-12-16(23)24/h2-7H,8-12H2,1H3,(H,23,24). The maximum absolute atomic E-state index is 12.6. The summed E-state index contributed by atoms with van der Waals surface area (Å²) in [5.74, 6) is 0.193. The van der Waals surface area contributed by atoms with E-state index in [1.807, 2.05) is 6.92 Å². The van der Waals surface area contributed by atoms with Gasteiger partial charge >= 0.3 is 5.97 Å². The summed E-state index contributed by atoms with van der Waals surface area (Å²) < 4.78 is 5.08. The lowest BCUT2D eigenvalue weighted by molar-refractivity contribution is -0.139. The van der Waals surface area contributed by atoms with E-state index in [9.17, 15) is 9.59 Å². The van der Waals surface area contributed by atoms with Crippen LogP contribution in [0.2, 0.25) is 0 Å². The molecule has 0 atom stereocenters. The van der Waals surface area contributed by atoms with Crippen LogP contribution in [0.3, 0.4) is 0 Å². The van der Waals surface area contributed by atoms with Crippen LogP contribution in [0.25, 0.3) is 0 Å². The van der Waals surface area contributed by atoms with Crippen molar-refractivity contribution in [2.24, 2.45) is 0 Å². The fourth-order valence-corrected chi connectivity index (χ4v) is 2.85. The van der Waals surface area contributed by atoms with Gasteiger partial charge in [0, 0.05) is 44.1 Å². The molecule has 2 aromatic rings. The number of carbonyl (C=O) groups is 2. The molecule has 0 spiro atoms. The summed E-state index contributed by atoms with van der Waals surface area (Å²) in [5, 5.41) is 8.61. The molecule has 1 saturated heterocycles. The number of ether oxygens (including phenoxy) is 1. The van der Waals surface area contributed by atoms with E-state index < -0.39 is 12.6 Å². The van der Waals surface area contributed by atoms with Crippen LogP contribution in [0.1, 0.15) is 16.1 Å². The third-order valence-electron chi connectivity index (χ3n) is 4.19. The van der Waals surface area contributed by atoms with Gasteiger partial charge in [0.15, 0.2) is 6.61 Å². The first-order valence-electron chi connectivity index (χ1n) is 8.31. The van der Waals surface area contributed by atoms with Crippen molar-refractivity contribution in [3.05, 3.63) is 47.9 Å². The molecule has 1 aromatic carbocycles. The predicted octanol–water partition coefficient (Wildman–Crippen LogP) is 1.21. The molecule has 1 N–H and O–H groups in total. The Bertz CT molecular complexity index is 786. The summed E-state index contributed by atoms with van der Waals surface area (Å²) in [7, 11) is 0. The van der Waals surface area contributed by atoms with Crippen LogP contribution >= 0.6 is 0 Å². The molecule has 0 unspecified atom stereocenters. The van der Waals surface area contributed by atoms with Gasteiger partial charge in [-0.1, -0.05) is 0 Å². The van der Waals surface area contributed by atoms with E-state index in [1.54, 1.807) is 41.6 Å². The fraction of sp³-hybridized carbons (Fsp3) is 0.333. The van der Waals surface area contributed by atoms with E-state index in [0.29, 0.717) is 37.5 Å². The summed E-state index contributed by atoms with van der Waals surface area (Å²) in [5.41, 5.74) is 1.43. The number of carboxylic acids is 1. The largest absolute Gasteiger partial charge is 0.482 e. The third-order valence-corrected chi connectivity index (χ3v) is 4.19. The van der Waals surface area contributed by atoms with Crippen molar-refractivity contribution in [1.29, 1.82) is 0 Å². The normalized spacial score (nSPS) is 14.2. The Hall–Kier alpha value is -3.16. The van der Waals surface area contributed by atoms with Crippen LogP contribution < -0.4 is 9.64 Å². The quantitative estimate of drug-likeness (QED) is 0.860. The number of amides is 1. The van der Waals surface area contributed by atoms with E-state index >= 15 is 0 Å². The SMILES string of the molecule is Cc1nccnc1N1CCN(C(=O)c2ccc(OCC(=O)O)cc2)CC1. The number of hydrogen-bond acceptors (Lipinski definition) is 6. The first-order chi connectivity index (χ1) is 12.5. The zero-order valence-corrected chi connectivity index (χ0v) is 14.5. The lowest BCUT2D eigenvalue weighted by atomic mass is 10.1. The van der Waals surface area contributed by atoms with Crippen LogP contribution in [0.4, 0.5) is 5.82 Å². The Morgan fingerprint density at radius 1 is 1.08 bits per heavy atom. The van der Waals surface area contributed by atoms with Gasteiger partial charge in [-0.25, -0.2) is 9.78 Å². The Balaban J connectivity index is 1.58. The first-order valence-corrected chi connectivity index (χ1v) is 8.31. The number of aryl methyl sites for hydroxylation is 1. The minimum Gasteiger partial charge on any atom is -0.482 e. The zero-order chi connectivity index (χ0) is 18.5. The molecular formula is C18H20N4O4. The molecule has 0 radical (unpaired) electrons. The lowest BCUT2D eigenvalue weighted by Gasteiger charge is -2.35. The van der Waals surface area contributed by atoms with Crippen molar-refractivity contribution >= 4 is 17.7 Å². The molecule has 26 heavy (non-hydrogen) atoms. The van der Waals surface area contributed by atoms with Crippen molar-refractivity contribution in [2.75, 3.05) is 37.7 Å². The van der Waals surface area contributed by atoms with E-state index in [1.165, 1.54) is 0 Å². The van der Waals surface area contributed by atoms with E-state index in [4.69, 9.17) is 9.84 Å². The molecule has 2 heterocycles. The summed E-state index contributed by atoms with van der Waals surface area (Å²) in [6, 6.07) is 6.52. The van der Waals surface area contributed by atoms with Gasteiger partial charge in [0.25, 0.3) is 5.91 Å². The first kappa shape index (κ1) is 17.7. The van der Waals surface area contributed by atoms with Gasteiger partial charge in [0.1, 0.15) is 11.6 Å². The Morgan fingerprint density at radius 2 is 1.73 bits per heavy atom. The third kappa shape index (κ3) is 4.08. The number of aliphatic carboxylic acids is 1. The van der Waals surface area contributed by atoms with Crippen molar-refractivity contribution in [3.8, 4) is 5.75 Å². The summed E-state index contributed by atoms with van der Waals surface area (Å²) in [6.07, 6.45) is 3.34. The summed E-state index contributed by atoms with van der Waals surface area (Å²) in [6.45, 7) is 4.12. The zero-order valence-electron chi connectivity index (χ0n) is 14.5. The second-order valence-corrected chi connectivity index (χ2v) is 5.95. The second-order valence-electron chi connectivity index (χ2n) is 5.95. The lowest BCUT2D eigenvalue weighted by Crippen LogP contribution is -2.49. The molecule has 1 aliphatic heterocycles. The minimum atomic E-state index is -1.04. The number of aromatic nitrogens is 2. The maximum Gasteiger partial charge on any atom is 0.341 e. The minimum absolute atomic E-state index is 0.0506. The van der Waals surface area contributed by atoms with E-state index in [0.717, 1.165) is 11.5 Å². The molecule has 8 heteroatoms. The summed E-state index contributed by atoms with van der Waals surface area (Å²) in [4.78, 5) is 35.7. The van der Waals surface area contributed by atoms with Crippen molar-refractivity contribution < 1.29 is 19.4 Å². The molecule has 0 aliphatic carbocycles. The number of benzene rings is 1. The number of hydrogen-bond donors (Lipinski definition) is 1. The number of carbonyl (C=O) groups excluding carboxylic acids is 1. The number of anilines is 1. The second kappa shape index (κ2) is 7.81. The van der Waals surface area contributed by atoms with Crippen LogP contribution in [0.5, 0.6) is 5.75 Å². The monoisotopic (exact) mass is 356 g/mol. The van der Waals surface area contributed by atoms with Gasteiger partial charge in [-0.2, -0.15) is 0 Å². The number of rotatable bonds is 5. The summed E-state index contributed by atoms with van der Waals surface area (Å²) >= 11 is 0. The Morgan fingerprint density at radius 3 is 2.35 bits per heavy atom. The Labute approximate surface area is 151 Å². The van der Waals surface area contributed by atoms with Crippen molar-refractivity contribution in [3.63, 3.8) is 0 Å². The smallest absolute Gasteiger partial charge is 0.341 e. The topological polar surface area (TPSA) is 95.9 Å². The number of carboxylic acid groups (broad SMARTS) is 1. The molecule has 1 aliphatic rings. The number of piperazine rings is 1. The fourth-order valence-electron chi connectivity index (χ4n) is 2.85. The molecule has 1 aromatic heterocycles. The average Bonchev–Trinajstić information content (AvgIpc) is 2.67. The average molecular weight is 356 g/mol. The highest BCUT2D eigenvalue weighted by atomic mass is 16.5. The highest BCUT2D eigenvalue weighted by Crippen LogP contribution is 2.18. The predicted molar refractivity (Wildman–Crippen MR) is 94.5 cm³/mol. The van der Waals surface area contributed by atoms with Crippen LogP contribution in [0.15, 0.2) is 36.7 Å². The molecule has 1 amide bonds. The van der Waals surface area contributed by atoms with Crippen LogP contribution in [-0.2, 0) is 4.79 Å². The van der Waals surface area contributed by atoms with Gasteiger partial charge in [-0.05, 0) is 31.2 Å². The van der Waals surface area contributed by atoms with Gasteiger partial charge < -0.3 is 19.6 Å². The molecule has 136 valence electrons. The van der Waals surface area contributed by atoms with Crippen molar-refractivity contribution in [2.45, 2.75) is 6.92 Å². The van der Waals surface area contributed by atoms with Crippen LogP contribution in [0, 0.1) is 6.92 Å². The Kier molecular flexibility index (Phi) is 5.31. The maximum atomic E-state index is 12.6.